The normalized spacial score (nSPS) is 11.1. The molecule has 80 valence electrons. The molecule has 0 atom stereocenters. The standard InChI is InChI=1S/C12H14ClNO/c1-2-15-8-7-14-6-5-10-3-4-11(13)9-12(10)14/h3-6,9H,2,7-8H2,1H3. The summed E-state index contributed by atoms with van der Waals surface area (Å²) in [6.45, 7) is 4.38. The van der Waals surface area contributed by atoms with Gasteiger partial charge in [-0.15, -0.1) is 0 Å². The molecule has 0 aliphatic heterocycles. The molecule has 3 heteroatoms. The summed E-state index contributed by atoms with van der Waals surface area (Å²) < 4.78 is 7.50. The van der Waals surface area contributed by atoms with Crippen LogP contribution in [0.25, 0.3) is 10.9 Å². The molecule has 15 heavy (non-hydrogen) atoms. The van der Waals surface area contributed by atoms with Crippen LogP contribution in [-0.4, -0.2) is 17.8 Å². The molecule has 0 N–H and O–H groups in total. The maximum absolute atomic E-state index is 5.96. The van der Waals surface area contributed by atoms with E-state index < -0.39 is 0 Å². The van der Waals surface area contributed by atoms with Crippen LogP contribution in [0.2, 0.25) is 5.02 Å². The van der Waals surface area contributed by atoms with Crippen LogP contribution in [0.3, 0.4) is 0 Å². The van der Waals surface area contributed by atoms with Crippen LogP contribution >= 0.6 is 11.6 Å². The van der Waals surface area contributed by atoms with Crippen LogP contribution in [-0.2, 0) is 11.3 Å². The van der Waals surface area contributed by atoms with Crippen LogP contribution in [0.5, 0.6) is 0 Å². The number of hydrogen-bond acceptors (Lipinski definition) is 1. The Morgan fingerprint density at radius 2 is 2.20 bits per heavy atom. The lowest BCUT2D eigenvalue weighted by atomic mass is 10.2. The van der Waals surface area contributed by atoms with E-state index in [9.17, 15) is 0 Å². The van der Waals surface area contributed by atoms with Crippen molar-refractivity contribution in [3.05, 3.63) is 35.5 Å². The predicted octanol–water partition coefficient (Wildman–Crippen LogP) is 3.33. The first-order valence-electron chi connectivity index (χ1n) is 5.13. The third kappa shape index (κ3) is 2.33. The number of benzene rings is 1. The molecular formula is C12H14ClNO. The van der Waals surface area contributed by atoms with Gasteiger partial charge in [0.1, 0.15) is 0 Å². The molecular weight excluding hydrogens is 210 g/mol. The summed E-state index contributed by atoms with van der Waals surface area (Å²) >= 11 is 5.96. The average Bonchev–Trinajstić information content (AvgIpc) is 2.62. The Bertz CT molecular complexity index is 450. The lowest BCUT2D eigenvalue weighted by Crippen LogP contribution is -2.04. The predicted molar refractivity (Wildman–Crippen MR) is 63.4 cm³/mol. The van der Waals surface area contributed by atoms with Crippen LogP contribution in [0, 0.1) is 0 Å². The number of aromatic nitrogens is 1. The van der Waals surface area contributed by atoms with Gasteiger partial charge in [0.15, 0.2) is 0 Å². The fourth-order valence-corrected chi connectivity index (χ4v) is 1.83. The highest BCUT2D eigenvalue weighted by molar-refractivity contribution is 6.31. The van der Waals surface area contributed by atoms with E-state index in [1.54, 1.807) is 0 Å². The Kier molecular flexibility index (Phi) is 3.29. The fourth-order valence-electron chi connectivity index (χ4n) is 1.66. The summed E-state index contributed by atoms with van der Waals surface area (Å²) in [5.74, 6) is 0. The van der Waals surface area contributed by atoms with Gasteiger partial charge in [-0.2, -0.15) is 0 Å². The largest absolute Gasteiger partial charge is 0.380 e. The number of fused-ring (bicyclic) bond motifs is 1. The van der Waals surface area contributed by atoms with Gasteiger partial charge in [-0.25, -0.2) is 0 Å². The van der Waals surface area contributed by atoms with Crippen molar-refractivity contribution in [3.63, 3.8) is 0 Å². The first-order chi connectivity index (χ1) is 7.31. The van der Waals surface area contributed by atoms with Crippen LogP contribution < -0.4 is 0 Å². The summed E-state index contributed by atoms with van der Waals surface area (Å²) in [6.07, 6.45) is 2.07. The second-order valence-electron chi connectivity index (χ2n) is 3.41. The smallest absolute Gasteiger partial charge is 0.0645 e. The number of halogens is 1. The highest BCUT2D eigenvalue weighted by atomic mass is 35.5. The van der Waals surface area contributed by atoms with Gasteiger partial charge < -0.3 is 9.30 Å². The van der Waals surface area contributed by atoms with E-state index in [1.807, 2.05) is 25.1 Å². The van der Waals surface area contributed by atoms with Crippen molar-refractivity contribution < 1.29 is 4.74 Å². The zero-order chi connectivity index (χ0) is 10.7. The molecule has 0 saturated heterocycles. The number of hydrogen-bond donors (Lipinski definition) is 0. The van der Waals surface area contributed by atoms with Crippen molar-refractivity contribution in [2.75, 3.05) is 13.2 Å². The van der Waals surface area contributed by atoms with E-state index in [4.69, 9.17) is 16.3 Å². The van der Waals surface area contributed by atoms with E-state index in [0.29, 0.717) is 0 Å². The zero-order valence-corrected chi connectivity index (χ0v) is 9.50. The van der Waals surface area contributed by atoms with Crippen molar-refractivity contribution in [3.8, 4) is 0 Å². The van der Waals surface area contributed by atoms with E-state index in [-0.39, 0.29) is 0 Å². The van der Waals surface area contributed by atoms with E-state index in [2.05, 4.69) is 16.8 Å². The fraction of sp³-hybridized carbons (Fsp3) is 0.333. The first kappa shape index (κ1) is 10.5. The second-order valence-corrected chi connectivity index (χ2v) is 3.85. The van der Waals surface area contributed by atoms with Gasteiger partial charge in [0.25, 0.3) is 0 Å². The summed E-state index contributed by atoms with van der Waals surface area (Å²) in [6, 6.07) is 8.03. The Labute approximate surface area is 94.4 Å². The number of nitrogens with zero attached hydrogens (tertiary/aromatic N) is 1. The van der Waals surface area contributed by atoms with Gasteiger partial charge in [-0.05, 0) is 30.5 Å². The van der Waals surface area contributed by atoms with E-state index in [1.165, 1.54) is 10.9 Å². The van der Waals surface area contributed by atoms with Gasteiger partial charge in [0.05, 0.1) is 6.61 Å². The summed E-state index contributed by atoms with van der Waals surface area (Å²) in [7, 11) is 0. The second kappa shape index (κ2) is 4.69. The zero-order valence-electron chi connectivity index (χ0n) is 8.74. The molecule has 1 heterocycles. The Morgan fingerprint density at radius 3 is 3.00 bits per heavy atom. The number of ether oxygens (including phenoxy) is 1. The lowest BCUT2D eigenvalue weighted by molar-refractivity contribution is 0.140. The summed E-state index contributed by atoms with van der Waals surface area (Å²) in [5.41, 5.74) is 1.17. The van der Waals surface area contributed by atoms with Gasteiger partial charge in [0.2, 0.25) is 0 Å². The highest BCUT2D eigenvalue weighted by Gasteiger charge is 2.00. The molecule has 0 radical (unpaired) electrons. The topological polar surface area (TPSA) is 14.2 Å². The minimum absolute atomic E-state index is 0.743. The first-order valence-corrected chi connectivity index (χ1v) is 5.51. The van der Waals surface area contributed by atoms with E-state index in [0.717, 1.165) is 24.8 Å². The highest BCUT2D eigenvalue weighted by Crippen LogP contribution is 2.20. The molecule has 0 aliphatic carbocycles. The maximum atomic E-state index is 5.96. The van der Waals surface area contributed by atoms with Crippen molar-refractivity contribution in [2.45, 2.75) is 13.5 Å². The minimum atomic E-state index is 0.743. The lowest BCUT2D eigenvalue weighted by Gasteiger charge is -2.05. The van der Waals surface area contributed by atoms with Gasteiger partial charge in [-0.1, -0.05) is 17.7 Å². The molecule has 0 saturated carbocycles. The summed E-state index contributed by atoms with van der Waals surface area (Å²) in [4.78, 5) is 0. The third-order valence-electron chi connectivity index (χ3n) is 2.42. The molecule has 0 fully saturated rings. The van der Waals surface area contributed by atoms with Crippen LogP contribution in [0.15, 0.2) is 30.5 Å². The SMILES string of the molecule is CCOCCn1ccc2ccc(Cl)cc21. The van der Waals surface area contributed by atoms with Crippen LogP contribution in [0.4, 0.5) is 0 Å². The average molecular weight is 224 g/mol. The molecule has 0 amide bonds. The third-order valence-corrected chi connectivity index (χ3v) is 2.65. The molecule has 0 aliphatic rings. The molecule has 1 aromatic heterocycles. The molecule has 2 nitrogen and oxygen atoms in total. The Morgan fingerprint density at radius 1 is 1.33 bits per heavy atom. The van der Waals surface area contributed by atoms with Gasteiger partial charge in [-0.3, -0.25) is 0 Å². The van der Waals surface area contributed by atoms with Gasteiger partial charge >= 0.3 is 0 Å². The van der Waals surface area contributed by atoms with Crippen molar-refractivity contribution >= 4 is 22.5 Å². The monoisotopic (exact) mass is 223 g/mol. The molecule has 0 unspecified atom stereocenters. The van der Waals surface area contributed by atoms with Crippen molar-refractivity contribution in [2.24, 2.45) is 0 Å². The molecule has 2 rings (SSSR count). The molecule has 1 aromatic carbocycles. The summed E-state index contributed by atoms with van der Waals surface area (Å²) in [5, 5.41) is 2.00. The van der Waals surface area contributed by atoms with E-state index >= 15 is 0 Å². The minimum Gasteiger partial charge on any atom is -0.380 e. The van der Waals surface area contributed by atoms with Gasteiger partial charge in [0, 0.05) is 29.9 Å². The van der Waals surface area contributed by atoms with Crippen LogP contribution in [0.1, 0.15) is 6.92 Å². The molecule has 0 spiro atoms. The van der Waals surface area contributed by atoms with Crippen molar-refractivity contribution in [1.29, 1.82) is 0 Å². The Balaban J connectivity index is 2.23. The Hall–Kier alpha value is -0.990. The quantitative estimate of drug-likeness (QED) is 0.726. The maximum Gasteiger partial charge on any atom is 0.0645 e. The molecule has 2 aromatic rings. The molecule has 0 bridgehead atoms. The number of rotatable bonds is 4. The van der Waals surface area contributed by atoms with Crippen molar-refractivity contribution in [1.82, 2.24) is 4.57 Å².